The summed E-state index contributed by atoms with van der Waals surface area (Å²) in [6, 6.07) is 0.128. The molecule has 1 rings (SSSR count). The van der Waals surface area contributed by atoms with Gasteiger partial charge >= 0.3 is 6.09 Å². The Bertz CT molecular complexity index is 297. The van der Waals surface area contributed by atoms with Crippen LogP contribution in [0.25, 0.3) is 0 Å². The van der Waals surface area contributed by atoms with Gasteiger partial charge in [0, 0.05) is 12.6 Å². The number of carbonyl (C=O) groups is 1. The molecule has 112 valence electrons. The topological polar surface area (TPSA) is 55.6 Å². The van der Waals surface area contributed by atoms with Gasteiger partial charge in [-0.05, 0) is 39.5 Å². The Morgan fingerprint density at radius 3 is 2.42 bits per heavy atom. The SMILES string of the molecule is CC(C)C(N)C1CCCCCN1C(=O)OC(C)(C)C. The standard InChI is InChI=1S/C15H30N2O2/c1-11(2)13(16)12-9-7-6-8-10-17(12)14(18)19-15(3,4)5/h11-13H,6-10,16H2,1-5H3. The van der Waals surface area contributed by atoms with E-state index in [-0.39, 0.29) is 18.2 Å². The van der Waals surface area contributed by atoms with Crippen molar-refractivity contribution in [3.05, 3.63) is 0 Å². The lowest BCUT2D eigenvalue weighted by Gasteiger charge is -2.36. The zero-order chi connectivity index (χ0) is 14.6. The van der Waals surface area contributed by atoms with Crippen molar-refractivity contribution in [2.45, 2.75) is 78.0 Å². The average Bonchev–Trinajstić information content (AvgIpc) is 2.50. The first kappa shape index (κ1) is 16.3. The van der Waals surface area contributed by atoms with E-state index in [2.05, 4.69) is 13.8 Å². The second kappa shape index (κ2) is 6.60. The number of hydrogen-bond donors (Lipinski definition) is 1. The van der Waals surface area contributed by atoms with Crippen LogP contribution in [0.1, 0.15) is 60.3 Å². The van der Waals surface area contributed by atoms with Crippen LogP contribution in [0.4, 0.5) is 4.79 Å². The van der Waals surface area contributed by atoms with E-state index in [1.807, 2.05) is 25.7 Å². The summed E-state index contributed by atoms with van der Waals surface area (Å²) in [5.41, 5.74) is 5.85. The molecule has 1 heterocycles. The number of nitrogens with two attached hydrogens (primary N) is 1. The smallest absolute Gasteiger partial charge is 0.410 e. The third-order valence-corrected chi connectivity index (χ3v) is 3.64. The first-order valence-corrected chi connectivity index (χ1v) is 7.47. The van der Waals surface area contributed by atoms with Gasteiger partial charge in [0.25, 0.3) is 0 Å². The Morgan fingerprint density at radius 1 is 1.26 bits per heavy atom. The molecule has 0 aromatic carbocycles. The van der Waals surface area contributed by atoms with Crippen molar-refractivity contribution in [2.75, 3.05) is 6.54 Å². The third kappa shape index (κ3) is 5.01. The van der Waals surface area contributed by atoms with E-state index < -0.39 is 5.60 Å². The van der Waals surface area contributed by atoms with Gasteiger partial charge in [-0.15, -0.1) is 0 Å². The van der Waals surface area contributed by atoms with Gasteiger partial charge in [-0.25, -0.2) is 4.79 Å². The summed E-state index contributed by atoms with van der Waals surface area (Å²) in [7, 11) is 0. The first-order chi connectivity index (χ1) is 8.72. The lowest BCUT2D eigenvalue weighted by atomic mass is 9.93. The maximum absolute atomic E-state index is 12.4. The molecule has 1 saturated heterocycles. The van der Waals surface area contributed by atoms with Crippen LogP contribution in [0.5, 0.6) is 0 Å². The van der Waals surface area contributed by atoms with Gasteiger partial charge in [0.2, 0.25) is 0 Å². The van der Waals surface area contributed by atoms with Crippen LogP contribution >= 0.6 is 0 Å². The highest BCUT2D eigenvalue weighted by molar-refractivity contribution is 5.68. The van der Waals surface area contributed by atoms with Crippen molar-refractivity contribution in [2.24, 2.45) is 11.7 Å². The molecule has 4 nitrogen and oxygen atoms in total. The summed E-state index contributed by atoms with van der Waals surface area (Å²) < 4.78 is 5.52. The average molecular weight is 270 g/mol. The molecule has 0 aromatic heterocycles. The fraction of sp³-hybridized carbons (Fsp3) is 0.933. The van der Waals surface area contributed by atoms with E-state index >= 15 is 0 Å². The summed E-state index contributed by atoms with van der Waals surface area (Å²) >= 11 is 0. The second-order valence-electron chi connectivity index (χ2n) is 6.91. The van der Waals surface area contributed by atoms with Gasteiger partial charge in [0.1, 0.15) is 5.60 Å². The minimum absolute atomic E-state index is 0.0191. The van der Waals surface area contributed by atoms with Crippen LogP contribution < -0.4 is 5.73 Å². The Hall–Kier alpha value is -0.770. The lowest BCUT2D eigenvalue weighted by molar-refractivity contribution is 0.0123. The first-order valence-electron chi connectivity index (χ1n) is 7.47. The van der Waals surface area contributed by atoms with Gasteiger partial charge < -0.3 is 15.4 Å². The number of amides is 1. The fourth-order valence-electron chi connectivity index (χ4n) is 2.53. The van der Waals surface area contributed by atoms with Gasteiger partial charge in [-0.2, -0.15) is 0 Å². The molecule has 0 spiro atoms. The molecular weight excluding hydrogens is 240 g/mol. The Kier molecular flexibility index (Phi) is 5.65. The Labute approximate surface area is 117 Å². The summed E-state index contributed by atoms with van der Waals surface area (Å²) in [6.45, 7) is 10.7. The number of likely N-dealkylation sites (tertiary alicyclic amines) is 1. The summed E-state index contributed by atoms with van der Waals surface area (Å²) in [5, 5.41) is 0. The molecule has 1 amide bonds. The van der Waals surface area contributed by atoms with Crippen molar-refractivity contribution in [1.82, 2.24) is 4.90 Å². The largest absolute Gasteiger partial charge is 0.444 e. The molecule has 0 saturated carbocycles. The molecule has 0 aliphatic carbocycles. The van der Waals surface area contributed by atoms with Crippen LogP contribution in [-0.4, -0.2) is 35.2 Å². The highest BCUT2D eigenvalue weighted by Crippen LogP contribution is 2.24. The molecule has 4 heteroatoms. The summed E-state index contributed by atoms with van der Waals surface area (Å²) in [4.78, 5) is 14.2. The quantitative estimate of drug-likeness (QED) is 0.838. The van der Waals surface area contributed by atoms with Crippen molar-refractivity contribution < 1.29 is 9.53 Å². The molecule has 1 aliphatic rings. The maximum atomic E-state index is 12.4. The maximum Gasteiger partial charge on any atom is 0.410 e. The van der Waals surface area contributed by atoms with Gasteiger partial charge in [-0.1, -0.05) is 26.7 Å². The van der Waals surface area contributed by atoms with Crippen LogP contribution in [0.15, 0.2) is 0 Å². The highest BCUT2D eigenvalue weighted by atomic mass is 16.6. The lowest BCUT2D eigenvalue weighted by Crippen LogP contribution is -2.53. The molecular formula is C15H30N2O2. The highest BCUT2D eigenvalue weighted by Gasteiger charge is 2.33. The number of ether oxygens (including phenoxy) is 1. The van der Waals surface area contributed by atoms with Crippen molar-refractivity contribution >= 4 is 6.09 Å². The minimum Gasteiger partial charge on any atom is -0.444 e. The van der Waals surface area contributed by atoms with Gasteiger partial charge in [0.05, 0.1) is 6.04 Å². The van der Waals surface area contributed by atoms with E-state index in [0.29, 0.717) is 5.92 Å². The normalized spacial score (nSPS) is 23.1. The van der Waals surface area contributed by atoms with E-state index in [9.17, 15) is 4.79 Å². The van der Waals surface area contributed by atoms with Gasteiger partial charge in [-0.3, -0.25) is 0 Å². The molecule has 0 radical (unpaired) electrons. The predicted molar refractivity (Wildman–Crippen MR) is 78.0 cm³/mol. The summed E-state index contributed by atoms with van der Waals surface area (Å²) in [6.07, 6.45) is 4.12. The molecule has 2 N–H and O–H groups in total. The van der Waals surface area contributed by atoms with Crippen LogP contribution in [0.3, 0.4) is 0 Å². The van der Waals surface area contributed by atoms with E-state index in [1.54, 1.807) is 0 Å². The van der Waals surface area contributed by atoms with Crippen LogP contribution in [0.2, 0.25) is 0 Å². The van der Waals surface area contributed by atoms with Crippen molar-refractivity contribution in [1.29, 1.82) is 0 Å². The molecule has 1 aliphatic heterocycles. The number of carbonyl (C=O) groups excluding carboxylic acids is 1. The van der Waals surface area contributed by atoms with E-state index in [0.717, 1.165) is 25.8 Å². The minimum atomic E-state index is -0.449. The molecule has 0 aromatic rings. The molecule has 19 heavy (non-hydrogen) atoms. The molecule has 0 bridgehead atoms. The van der Waals surface area contributed by atoms with Crippen LogP contribution in [0, 0.1) is 5.92 Å². The van der Waals surface area contributed by atoms with E-state index in [4.69, 9.17) is 10.5 Å². The zero-order valence-electron chi connectivity index (χ0n) is 13.1. The zero-order valence-corrected chi connectivity index (χ0v) is 13.1. The Balaban J connectivity index is 2.81. The molecule has 2 atom stereocenters. The monoisotopic (exact) mass is 270 g/mol. The van der Waals surface area contributed by atoms with Crippen molar-refractivity contribution in [3.63, 3.8) is 0 Å². The second-order valence-corrected chi connectivity index (χ2v) is 6.91. The van der Waals surface area contributed by atoms with Crippen molar-refractivity contribution in [3.8, 4) is 0 Å². The van der Waals surface area contributed by atoms with E-state index in [1.165, 1.54) is 6.42 Å². The molecule has 2 unspecified atom stereocenters. The number of rotatable bonds is 2. The molecule has 1 fully saturated rings. The Morgan fingerprint density at radius 2 is 1.89 bits per heavy atom. The fourth-order valence-corrected chi connectivity index (χ4v) is 2.53. The number of nitrogens with zero attached hydrogens (tertiary/aromatic N) is 1. The number of hydrogen-bond acceptors (Lipinski definition) is 3. The van der Waals surface area contributed by atoms with Crippen LogP contribution in [-0.2, 0) is 4.74 Å². The predicted octanol–water partition coefficient (Wildman–Crippen LogP) is 3.15. The summed E-state index contributed by atoms with van der Waals surface area (Å²) in [5.74, 6) is 0.369. The van der Waals surface area contributed by atoms with Gasteiger partial charge in [0.15, 0.2) is 0 Å². The third-order valence-electron chi connectivity index (χ3n) is 3.64.